The lowest BCUT2D eigenvalue weighted by atomic mass is 9.48. The van der Waals surface area contributed by atoms with Gasteiger partial charge in [-0.1, -0.05) is 43.3 Å². The van der Waals surface area contributed by atoms with Gasteiger partial charge in [-0.2, -0.15) is 0 Å². The number of aliphatic carboxylic acids is 1. The van der Waals surface area contributed by atoms with Crippen molar-refractivity contribution in [1.82, 2.24) is 0 Å². The maximum absolute atomic E-state index is 12.1. The van der Waals surface area contributed by atoms with Crippen LogP contribution in [0.5, 0.6) is 0 Å². The van der Waals surface area contributed by atoms with Gasteiger partial charge in [0.1, 0.15) is 0 Å². The Bertz CT molecular complexity index is 847. The van der Waals surface area contributed by atoms with Crippen LogP contribution in [0.25, 0.3) is 0 Å². The summed E-state index contributed by atoms with van der Waals surface area (Å²) in [5, 5.41) is 20.9. The number of fused-ring (bicyclic) bond motifs is 5. The standard InChI is InChI=1S/C24H32O5S/c1-14(25)30-19-13-15-12-16(26)4-8-22(15,2)17-5-9-23(3)18(21(17)19)6-10-24(23,29)11-7-20(27)28/h5,9,12,17-19,21,29H,4,6-8,10-11,13H2,1-3H3,(H,27,28)/t17-,18-,19?,21+,22-,23-,24-/m0/s1. The molecule has 30 heavy (non-hydrogen) atoms. The number of carbonyl (C=O) groups is 3. The molecule has 0 heterocycles. The molecule has 0 bridgehead atoms. The van der Waals surface area contributed by atoms with E-state index < -0.39 is 17.0 Å². The lowest BCUT2D eigenvalue weighted by molar-refractivity contribution is -0.140. The Morgan fingerprint density at radius 1 is 1.27 bits per heavy atom. The highest BCUT2D eigenvalue weighted by atomic mass is 32.2. The normalized spacial score (nSPS) is 44.7. The maximum atomic E-state index is 12.1. The van der Waals surface area contributed by atoms with Crippen molar-refractivity contribution in [2.75, 3.05) is 0 Å². The van der Waals surface area contributed by atoms with Crippen LogP contribution in [-0.4, -0.2) is 37.9 Å². The fraction of sp³-hybridized carbons (Fsp3) is 0.708. The van der Waals surface area contributed by atoms with Crippen LogP contribution in [0.15, 0.2) is 23.8 Å². The number of hydrogen-bond acceptors (Lipinski definition) is 5. The predicted octanol–water partition coefficient (Wildman–Crippen LogP) is 4.15. The lowest BCUT2D eigenvalue weighted by Crippen LogP contribution is -2.55. The summed E-state index contributed by atoms with van der Waals surface area (Å²) >= 11 is 1.38. The summed E-state index contributed by atoms with van der Waals surface area (Å²) in [5.74, 6) is -0.0596. The number of ketones is 1. The van der Waals surface area contributed by atoms with Gasteiger partial charge >= 0.3 is 5.97 Å². The summed E-state index contributed by atoms with van der Waals surface area (Å²) in [6.07, 6.45) is 9.96. The third kappa shape index (κ3) is 3.22. The Morgan fingerprint density at radius 3 is 2.67 bits per heavy atom. The number of thioether (sulfide) groups is 1. The molecule has 0 spiro atoms. The number of carbonyl (C=O) groups excluding carboxylic acids is 2. The summed E-state index contributed by atoms with van der Waals surface area (Å²) in [7, 11) is 0. The van der Waals surface area contributed by atoms with Crippen molar-refractivity contribution in [2.24, 2.45) is 28.6 Å². The van der Waals surface area contributed by atoms with E-state index in [9.17, 15) is 24.6 Å². The van der Waals surface area contributed by atoms with Gasteiger partial charge < -0.3 is 10.2 Å². The Hall–Kier alpha value is -1.40. The van der Waals surface area contributed by atoms with Gasteiger partial charge in [-0.25, -0.2) is 0 Å². The van der Waals surface area contributed by atoms with E-state index in [1.807, 2.05) is 6.08 Å². The zero-order chi connectivity index (χ0) is 21.9. The molecule has 2 N–H and O–H groups in total. The highest BCUT2D eigenvalue weighted by Gasteiger charge is 2.63. The van der Waals surface area contributed by atoms with E-state index >= 15 is 0 Å². The van der Waals surface area contributed by atoms with Gasteiger partial charge in [0.25, 0.3) is 0 Å². The molecule has 0 aromatic heterocycles. The lowest BCUT2D eigenvalue weighted by Gasteiger charge is -2.58. The molecule has 2 saturated carbocycles. The van der Waals surface area contributed by atoms with Crippen LogP contribution in [-0.2, 0) is 14.4 Å². The van der Waals surface area contributed by atoms with E-state index in [0.29, 0.717) is 12.8 Å². The third-order valence-corrected chi connectivity index (χ3v) is 9.90. The quantitative estimate of drug-likeness (QED) is 0.649. The first-order valence-electron chi connectivity index (χ1n) is 11.0. The van der Waals surface area contributed by atoms with E-state index in [1.54, 1.807) is 6.92 Å². The molecule has 4 aliphatic carbocycles. The molecule has 0 radical (unpaired) electrons. The van der Waals surface area contributed by atoms with Crippen molar-refractivity contribution < 1.29 is 24.6 Å². The second kappa shape index (κ2) is 7.33. The molecule has 1 unspecified atom stereocenters. The van der Waals surface area contributed by atoms with Gasteiger partial charge in [0.2, 0.25) is 0 Å². The Morgan fingerprint density at radius 2 is 2.00 bits per heavy atom. The van der Waals surface area contributed by atoms with Crippen molar-refractivity contribution in [1.29, 1.82) is 0 Å². The first kappa shape index (κ1) is 21.8. The topological polar surface area (TPSA) is 91.7 Å². The van der Waals surface area contributed by atoms with Gasteiger partial charge in [0.15, 0.2) is 10.9 Å². The minimum Gasteiger partial charge on any atom is -0.481 e. The summed E-state index contributed by atoms with van der Waals surface area (Å²) in [6.45, 7) is 5.94. The van der Waals surface area contributed by atoms with Crippen LogP contribution in [0.4, 0.5) is 0 Å². The molecule has 0 aromatic carbocycles. The fourth-order valence-electron chi connectivity index (χ4n) is 7.03. The largest absolute Gasteiger partial charge is 0.481 e. The third-order valence-electron chi connectivity index (χ3n) is 8.79. The molecule has 0 saturated heterocycles. The maximum Gasteiger partial charge on any atom is 0.303 e. The van der Waals surface area contributed by atoms with Crippen molar-refractivity contribution >= 4 is 28.6 Å². The van der Waals surface area contributed by atoms with Crippen molar-refractivity contribution in [3.8, 4) is 0 Å². The predicted molar refractivity (Wildman–Crippen MR) is 116 cm³/mol. The van der Waals surface area contributed by atoms with Gasteiger partial charge in [0.05, 0.1) is 5.60 Å². The summed E-state index contributed by atoms with van der Waals surface area (Å²) in [6, 6.07) is 0. The molecule has 4 aliphatic rings. The molecule has 6 heteroatoms. The molecule has 0 aliphatic heterocycles. The summed E-state index contributed by atoms with van der Waals surface area (Å²) in [4.78, 5) is 35.4. The van der Waals surface area contributed by atoms with Crippen LogP contribution in [0.3, 0.4) is 0 Å². The minimum absolute atomic E-state index is 0.0426. The molecular formula is C24H32O5S. The molecule has 0 aromatic rings. The van der Waals surface area contributed by atoms with Crippen LogP contribution in [0.1, 0.15) is 65.7 Å². The van der Waals surface area contributed by atoms with Crippen LogP contribution in [0, 0.1) is 28.6 Å². The Kier molecular flexibility index (Phi) is 5.33. The molecule has 164 valence electrons. The SMILES string of the molecule is CC(=O)SC1CC2=CC(=O)CC[C@]2(C)[C@H]2C=C[C@@]3(C)[C@@H](CC[C@]3(O)CCC(=O)O)[C@H]12. The van der Waals surface area contributed by atoms with E-state index in [2.05, 4.69) is 26.0 Å². The number of carboxylic acid groups (broad SMARTS) is 1. The number of aliphatic hydroxyl groups is 1. The molecule has 0 amide bonds. The monoisotopic (exact) mass is 432 g/mol. The number of hydrogen-bond donors (Lipinski definition) is 2. The van der Waals surface area contributed by atoms with Crippen LogP contribution >= 0.6 is 11.8 Å². The second-order valence-corrected chi connectivity index (χ2v) is 11.6. The number of allylic oxidation sites excluding steroid dienone is 3. The average Bonchev–Trinajstić information content (AvgIpc) is 2.93. The van der Waals surface area contributed by atoms with Crippen LogP contribution in [0.2, 0.25) is 0 Å². The molecule has 5 nitrogen and oxygen atoms in total. The highest BCUT2D eigenvalue weighted by molar-refractivity contribution is 8.14. The molecule has 4 rings (SSSR count). The highest BCUT2D eigenvalue weighted by Crippen LogP contribution is 2.67. The van der Waals surface area contributed by atoms with E-state index in [0.717, 1.165) is 19.3 Å². The van der Waals surface area contributed by atoms with E-state index in [-0.39, 0.29) is 52.2 Å². The molecule has 7 atom stereocenters. The Labute approximate surface area is 182 Å². The second-order valence-electron chi connectivity index (χ2n) is 10.2. The number of rotatable bonds is 4. The van der Waals surface area contributed by atoms with Gasteiger partial charge in [0, 0.05) is 30.4 Å². The van der Waals surface area contributed by atoms with Crippen LogP contribution < -0.4 is 0 Å². The molecule has 2 fully saturated rings. The summed E-state index contributed by atoms with van der Waals surface area (Å²) in [5.41, 5.74) is -0.457. The van der Waals surface area contributed by atoms with Crippen molar-refractivity contribution in [3.05, 3.63) is 23.8 Å². The number of carboxylic acids is 1. The van der Waals surface area contributed by atoms with E-state index in [1.165, 1.54) is 17.3 Å². The fourth-order valence-corrected chi connectivity index (χ4v) is 8.24. The van der Waals surface area contributed by atoms with Crippen molar-refractivity contribution in [3.63, 3.8) is 0 Å². The first-order valence-corrected chi connectivity index (χ1v) is 11.9. The summed E-state index contributed by atoms with van der Waals surface area (Å²) < 4.78 is 0. The zero-order valence-corrected chi connectivity index (χ0v) is 18.8. The van der Waals surface area contributed by atoms with E-state index in [4.69, 9.17) is 0 Å². The zero-order valence-electron chi connectivity index (χ0n) is 18.0. The minimum atomic E-state index is -1.04. The first-order chi connectivity index (χ1) is 14.0. The van der Waals surface area contributed by atoms with Gasteiger partial charge in [-0.15, -0.1) is 0 Å². The average molecular weight is 433 g/mol. The van der Waals surface area contributed by atoms with Gasteiger partial charge in [-0.3, -0.25) is 14.4 Å². The Balaban J connectivity index is 1.76. The van der Waals surface area contributed by atoms with Crippen molar-refractivity contribution in [2.45, 2.75) is 76.6 Å². The smallest absolute Gasteiger partial charge is 0.303 e. The van der Waals surface area contributed by atoms with Gasteiger partial charge in [-0.05, 0) is 61.3 Å². The molecular weight excluding hydrogens is 400 g/mol.